The molecule has 2 N–H and O–H groups in total. The molecule has 0 saturated heterocycles. The SMILES string of the molecule is CC(C)CN(C(=O)C[C@@H]1CCC[C@H]1N)C(C)C.Cl. The molecule has 1 saturated carbocycles. The molecule has 0 aromatic heterocycles. The molecule has 2 atom stereocenters. The van der Waals surface area contributed by atoms with Crippen LogP contribution in [0.1, 0.15) is 53.4 Å². The highest BCUT2D eigenvalue weighted by Crippen LogP contribution is 2.27. The summed E-state index contributed by atoms with van der Waals surface area (Å²) in [4.78, 5) is 14.3. The second kappa shape index (κ2) is 8.00. The van der Waals surface area contributed by atoms with Crippen molar-refractivity contribution in [2.75, 3.05) is 6.54 Å². The third-order valence-electron chi connectivity index (χ3n) is 3.66. The first-order valence-electron chi connectivity index (χ1n) is 6.96. The quantitative estimate of drug-likeness (QED) is 0.839. The van der Waals surface area contributed by atoms with Crippen LogP contribution >= 0.6 is 12.4 Å². The summed E-state index contributed by atoms with van der Waals surface area (Å²) in [6, 6.07) is 0.537. The van der Waals surface area contributed by atoms with Gasteiger partial charge in [-0.3, -0.25) is 4.79 Å². The number of carbonyl (C=O) groups excluding carboxylic acids is 1. The summed E-state index contributed by atoms with van der Waals surface area (Å²) >= 11 is 0. The molecule has 0 spiro atoms. The molecule has 0 bridgehead atoms. The molecule has 4 heteroatoms. The van der Waals surface area contributed by atoms with E-state index in [2.05, 4.69) is 27.7 Å². The van der Waals surface area contributed by atoms with Crippen molar-refractivity contribution in [3.63, 3.8) is 0 Å². The molecule has 1 aliphatic carbocycles. The Bertz CT molecular complexity index is 256. The van der Waals surface area contributed by atoms with Crippen LogP contribution in [0.5, 0.6) is 0 Å². The van der Waals surface area contributed by atoms with Gasteiger partial charge in [0.15, 0.2) is 0 Å². The summed E-state index contributed by atoms with van der Waals surface area (Å²) in [5.74, 6) is 1.23. The Kier molecular flexibility index (Phi) is 7.88. The first kappa shape index (κ1) is 17.7. The van der Waals surface area contributed by atoms with Crippen molar-refractivity contribution in [3.05, 3.63) is 0 Å². The van der Waals surface area contributed by atoms with Crippen LogP contribution in [0.3, 0.4) is 0 Å². The largest absolute Gasteiger partial charge is 0.340 e. The van der Waals surface area contributed by atoms with Gasteiger partial charge in [-0.25, -0.2) is 0 Å². The number of nitrogens with zero attached hydrogens (tertiary/aromatic N) is 1. The number of carbonyl (C=O) groups is 1. The van der Waals surface area contributed by atoms with Gasteiger partial charge in [0, 0.05) is 25.0 Å². The normalized spacial score (nSPS) is 23.3. The minimum absolute atomic E-state index is 0. The van der Waals surface area contributed by atoms with Crippen molar-refractivity contribution in [2.45, 2.75) is 65.5 Å². The topological polar surface area (TPSA) is 46.3 Å². The molecule has 1 rings (SSSR count). The number of hydrogen-bond donors (Lipinski definition) is 1. The Morgan fingerprint density at radius 2 is 1.89 bits per heavy atom. The van der Waals surface area contributed by atoms with Crippen LogP contribution in [0.25, 0.3) is 0 Å². The summed E-state index contributed by atoms with van der Waals surface area (Å²) in [5, 5.41) is 0. The lowest BCUT2D eigenvalue weighted by molar-refractivity contribution is -0.134. The number of hydrogen-bond acceptors (Lipinski definition) is 2. The lowest BCUT2D eigenvalue weighted by Crippen LogP contribution is -2.41. The van der Waals surface area contributed by atoms with E-state index in [-0.39, 0.29) is 24.4 Å². The molecule has 18 heavy (non-hydrogen) atoms. The summed E-state index contributed by atoms with van der Waals surface area (Å²) in [6.07, 6.45) is 4.04. The fourth-order valence-electron chi connectivity index (χ4n) is 2.65. The lowest BCUT2D eigenvalue weighted by atomic mass is 9.98. The Hall–Kier alpha value is -0.280. The first-order valence-corrected chi connectivity index (χ1v) is 6.96. The van der Waals surface area contributed by atoms with Gasteiger partial charge in [0.25, 0.3) is 0 Å². The average Bonchev–Trinajstić information content (AvgIpc) is 2.60. The number of rotatable bonds is 5. The van der Waals surface area contributed by atoms with E-state index in [0.29, 0.717) is 24.3 Å². The molecule has 1 aliphatic rings. The minimum atomic E-state index is 0. The molecule has 0 unspecified atom stereocenters. The molecule has 108 valence electrons. The van der Waals surface area contributed by atoms with Crippen LogP contribution < -0.4 is 5.73 Å². The van der Waals surface area contributed by atoms with Crippen LogP contribution in [0, 0.1) is 11.8 Å². The second-order valence-electron chi connectivity index (χ2n) is 6.09. The van der Waals surface area contributed by atoms with E-state index in [1.54, 1.807) is 0 Å². The van der Waals surface area contributed by atoms with Gasteiger partial charge in [-0.05, 0) is 38.5 Å². The predicted molar refractivity (Wildman–Crippen MR) is 78.9 cm³/mol. The van der Waals surface area contributed by atoms with Crippen LogP contribution in [-0.2, 0) is 4.79 Å². The van der Waals surface area contributed by atoms with Crippen LogP contribution in [0.2, 0.25) is 0 Å². The van der Waals surface area contributed by atoms with Crippen molar-refractivity contribution >= 4 is 18.3 Å². The molecule has 0 aliphatic heterocycles. The highest BCUT2D eigenvalue weighted by Gasteiger charge is 2.28. The summed E-state index contributed by atoms with van der Waals surface area (Å²) in [5.41, 5.74) is 6.03. The van der Waals surface area contributed by atoms with Gasteiger partial charge in [-0.1, -0.05) is 20.3 Å². The third kappa shape index (κ3) is 5.15. The third-order valence-corrected chi connectivity index (χ3v) is 3.66. The van der Waals surface area contributed by atoms with Crippen molar-refractivity contribution in [2.24, 2.45) is 17.6 Å². The monoisotopic (exact) mass is 276 g/mol. The molecule has 0 aromatic rings. The van der Waals surface area contributed by atoms with Crippen molar-refractivity contribution in [3.8, 4) is 0 Å². The van der Waals surface area contributed by atoms with Crippen LogP contribution in [0.4, 0.5) is 0 Å². The van der Waals surface area contributed by atoms with E-state index in [9.17, 15) is 4.79 Å². The van der Waals surface area contributed by atoms with Crippen molar-refractivity contribution in [1.82, 2.24) is 4.90 Å². The first-order chi connectivity index (χ1) is 7.91. The minimum Gasteiger partial charge on any atom is -0.340 e. The van der Waals surface area contributed by atoms with E-state index in [1.165, 1.54) is 6.42 Å². The highest BCUT2D eigenvalue weighted by atomic mass is 35.5. The Labute approximate surface area is 118 Å². The highest BCUT2D eigenvalue weighted by molar-refractivity contribution is 5.85. The van der Waals surface area contributed by atoms with Crippen molar-refractivity contribution in [1.29, 1.82) is 0 Å². The van der Waals surface area contributed by atoms with Crippen LogP contribution in [-0.4, -0.2) is 29.4 Å². The molecular weight excluding hydrogens is 248 g/mol. The zero-order chi connectivity index (χ0) is 13.0. The number of amides is 1. The fraction of sp³-hybridized carbons (Fsp3) is 0.929. The predicted octanol–water partition coefficient (Wildman–Crippen LogP) is 2.82. The van der Waals surface area contributed by atoms with E-state index < -0.39 is 0 Å². The molecular formula is C14H29ClN2O. The maximum atomic E-state index is 12.3. The van der Waals surface area contributed by atoms with E-state index >= 15 is 0 Å². The molecule has 0 heterocycles. The molecule has 1 fully saturated rings. The summed E-state index contributed by atoms with van der Waals surface area (Å²) in [6.45, 7) is 9.36. The Morgan fingerprint density at radius 3 is 2.28 bits per heavy atom. The van der Waals surface area contributed by atoms with E-state index in [0.717, 1.165) is 19.4 Å². The van der Waals surface area contributed by atoms with Crippen LogP contribution in [0.15, 0.2) is 0 Å². The molecule has 1 amide bonds. The van der Waals surface area contributed by atoms with Gasteiger partial charge < -0.3 is 10.6 Å². The lowest BCUT2D eigenvalue weighted by Gasteiger charge is -2.30. The van der Waals surface area contributed by atoms with Gasteiger partial charge in [-0.2, -0.15) is 0 Å². The van der Waals surface area contributed by atoms with Gasteiger partial charge in [-0.15, -0.1) is 12.4 Å². The summed E-state index contributed by atoms with van der Waals surface area (Å²) in [7, 11) is 0. The van der Waals surface area contributed by atoms with Gasteiger partial charge in [0.05, 0.1) is 0 Å². The van der Waals surface area contributed by atoms with Crippen molar-refractivity contribution < 1.29 is 4.79 Å². The Balaban J connectivity index is 0.00000289. The zero-order valence-corrected chi connectivity index (χ0v) is 13.0. The van der Waals surface area contributed by atoms with E-state index in [1.807, 2.05) is 4.90 Å². The Morgan fingerprint density at radius 1 is 1.28 bits per heavy atom. The van der Waals surface area contributed by atoms with Gasteiger partial charge in [0.1, 0.15) is 0 Å². The van der Waals surface area contributed by atoms with Gasteiger partial charge in [0.2, 0.25) is 5.91 Å². The number of halogens is 1. The summed E-state index contributed by atoms with van der Waals surface area (Å²) < 4.78 is 0. The molecule has 3 nitrogen and oxygen atoms in total. The van der Waals surface area contributed by atoms with Gasteiger partial charge >= 0.3 is 0 Å². The molecule has 0 aromatic carbocycles. The maximum absolute atomic E-state index is 12.3. The second-order valence-corrected chi connectivity index (χ2v) is 6.09. The smallest absolute Gasteiger partial charge is 0.223 e. The standard InChI is InChI=1S/C14H28N2O.ClH/c1-10(2)9-16(11(3)4)14(17)8-12-6-5-7-13(12)15;/h10-13H,5-9,15H2,1-4H3;1H/t12-,13+;/m0./s1. The number of nitrogens with two attached hydrogens (primary N) is 1. The maximum Gasteiger partial charge on any atom is 0.223 e. The molecule has 0 radical (unpaired) electrons. The zero-order valence-electron chi connectivity index (χ0n) is 12.2. The average molecular weight is 277 g/mol. The fourth-order valence-corrected chi connectivity index (χ4v) is 2.65. The van der Waals surface area contributed by atoms with E-state index in [4.69, 9.17) is 5.73 Å².